The molecule has 6 heteroatoms. The van der Waals surface area contributed by atoms with E-state index in [-0.39, 0.29) is 12.1 Å². The van der Waals surface area contributed by atoms with Crippen LogP contribution in [0.2, 0.25) is 0 Å². The Morgan fingerprint density at radius 3 is 2.65 bits per heavy atom. The molecule has 1 N–H and O–H groups in total. The number of alkyl carbamates (subject to hydrolysis) is 1. The van der Waals surface area contributed by atoms with E-state index in [0.29, 0.717) is 12.3 Å². The van der Waals surface area contributed by atoms with Gasteiger partial charge >= 0.3 is 6.09 Å². The normalized spacial score (nSPS) is 28.4. The number of nitrogens with zero attached hydrogens (tertiary/aromatic N) is 3. The Balaban J connectivity index is 2.47. The van der Waals surface area contributed by atoms with E-state index in [1.807, 2.05) is 27.7 Å². The Kier molecular flexibility index (Phi) is 4.23. The van der Waals surface area contributed by atoms with Crippen molar-refractivity contribution in [3.8, 4) is 0 Å². The van der Waals surface area contributed by atoms with Crippen LogP contribution in [0.3, 0.4) is 0 Å². The maximum Gasteiger partial charge on any atom is 0.407 e. The SMILES string of the molecule is C[C@H]1C[C@@H](N=[N+]=[N-])C[C@@H]1NC(=O)OC(C)(C)C. The summed E-state index contributed by atoms with van der Waals surface area (Å²) >= 11 is 0. The van der Waals surface area contributed by atoms with Crippen molar-refractivity contribution < 1.29 is 9.53 Å². The van der Waals surface area contributed by atoms with Gasteiger partial charge in [0.2, 0.25) is 0 Å². The summed E-state index contributed by atoms with van der Waals surface area (Å²) in [5.74, 6) is 0.304. The van der Waals surface area contributed by atoms with Crippen molar-refractivity contribution >= 4 is 6.09 Å². The van der Waals surface area contributed by atoms with Gasteiger partial charge in [0.05, 0.1) is 0 Å². The van der Waals surface area contributed by atoms with Crippen LogP contribution in [0.15, 0.2) is 5.11 Å². The Morgan fingerprint density at radius 1 is 1.47 bits per heavy atom. The molecule has 96 valence electrons. The van der Waals surface area contributed by atoms with Crippen LogP contribution in [0.5, 0.6) is 0 Å². The molecule has 0 radical (unpaired) electrons. The lowest BCUT2D eigenvalue weighted by Crippen LogP contribution is -2.40. The monoisotopic (exact) mass is 240 g/mol. The fourth-order valence-electron chi connectivity index (χ4n) is 2.04. The number of azide groups is 1. The lowest BCUT2D eigenvalue weighted by atomic mass is 10.1. The third-order valence-corrected chi connectivity index (χ3v) is 2.77. The van der Waals surface area contributed by atoms with Crippen LogP contribution in [-0.4, -0.2) is 23.8 Å². The Morgan fingerprint density at radius 2 is 2.12 bits per heavy atom. The molecule has 0 spiro atoms. The predicted octanol–water partition coefficient (Wildman–Crippen LogP) is 2.99. The summed E-state index contributed by atoms with van der Waals surface area (Å²) in [5.41, 5.74) is 7.89. The average molecular weight is 240 g/mol. The maximum atomic E-state index is 11.6. The van der Waals surface area contributed by atoms with Crippen LogP contribution in [0.25, 0.3) is 10.4 Å². The van der Waals surface area contributed by atoms with Crippen molar-refractivity contribution in [2.75, 3.05) is 0 Å². The van der Waals surface area contributed by atoms with Crippen molar-refractivity contribution in [3.63, 3.8) is 0 Å². The summed E-state index contributed by atoms with van der Waals surface area (Å²) in [5, 5.41) is 6.52. The molecule has 3 atom stereocenters. The zero-order valence-corrected chi connectivity index (χ0v) is 10.8. The van der Waals surface area contributed by atoms with E-state index < -0.39 is 11.7 Å². The molecule has 0 saturated heterocycles. The van der Waals surface area contributed by atoms with Gasteiger partial charge < -0.3 is 10.1 Å². The molecular formula is C11H20N4O2. The zero-order chi connectivity index (χ0) is 13.1. The quantitative estimate of drug-likeness (QED) is 0.457. The topological polar surface area (TPSA) is 87.1 Å². The lowest BCUT2D eigenvalue weighted by molar-refractivity contribution is 0.0495. The van der Waals surface area contributed by atoms with E-state index in [9.17, 15) is 4.79 Å². The highest BCUT2D eigenvalue weighted by atomic mass is 16.6. The van der Waals surface area contributed by atoms with Gasteiger partial charge in [-0.25, -0.2) is 4.79 Å². The van der Waals surface area contributed by atoms with Crippen molar-refractivity contribution in [2.24, 2.45) is 11.0 Å². The number of nitrogens with one attached hydrogen (secondary N) is 1. The maximum absolute atomic E-state index is 11.6. The lowest BCUT2D eigenvalue weighted by Gasteiger charge is -2.23. The van der Waals surface area contributed by atoms with E-state index in [4.69, 9.17) is 10.3 Å². The van der Waals surface area contributed by atoms with E-state index in [1.54, 1.807) is 0 Å². The highest BCUT2D eigenvalue weighted by Crippen LogP contribution is 2.28. The first-order valence-electron chi connectivity index (χ1n) is 5.85. The van der Waals surface area contributed by atoms with E-state index in [2.05, 4.69) is 15.3 Å². The fraction of sp³-hybridized carbons (Fsp3) is 0.909. The van der Waals surface area contributed by atoms with Gasteiger partial charge in [0, 0.05) is 17.0 Å². The Labute approximate surface area is 101 Å². The second-order valence-electron chi connectivity index (χ2n) is 5.56. The molecule has 1 aliphatic carbocycles. The van der Waals surface area contributed by atoms with Gasteiger partial charge in [0.15, 0.2) is 0 Å². The molecule has 0 aromatic carbocycles. The summed E-state index contributed by atoms with van der Waals surface area (Å²) in [4.78, 5) is 14.4. The molecule has 0 bridgehead atoms. The molecule has 17 heavy (non-hydrogen) atoms. The highest BCUT2D eigenvalue weighted by Gasteiger charge is 2.32. The molecule has 0 aromatic rings. The number of carbonyl (C=O) groups excluding carboxylic acids is 1. The van der Waals surface area contributed by atoms with E-state index in [1.165, 1.54) is 0 Å². The number of carbonyl (C=O) groups is 1. The number of rotatable bonds is 2. The van der Waals surface area contributed by atoms with Crippen LogP contribution in [0.1, 0.15) is 40.5 Å². The molecule has 0 aliphatic heterocycles. The molecule has 6 nitrogen and oxygen atoms in total. The highest BCUT2D eigenvalue weighted by molar-refractivity contribution is 5.68. The standard InChI is InChI=1S/C11H20N4O2/c1-7-5-8(14-15-12)6-9(7)13-10(16)17-11(2,3)4/h7-9H,5-6H2,1-4H3,(H,13,16)/t7-,8+,9-/m0/s1. The van der Waals surface area contributed by atoms with Crippen LogP contribution in [0, 0.1) is 5.92 Å². The second-order valence-corrected chi connectivity index (χ2v) is 5.56. The van der Waals surface area contributed by atoms with E-state index >= 15 is 0 Å². The first kappa shape index (κ1) is 13.6. The summed E-state index contributed by atoms with van der Waals surface area (Å²) < 4.78 is 5.19. The molecule has 1 aliphatic rings. The van der Waals surface area contributed by atoms with Gasteiger partial charge in [-0.15, -0.1) is 0 Å². The number of hydrogen-bond donors (Lipinski definition) is 1. The third kappa shape index (κ3) is 4.53. The zero-order valence-electron chi connectivity index (χ0n) is 10.8. The van der Waals surface area contributed by atoms with Gasteiger partial charge in [0.25, 0.3) is 0 Å². The summed E-state index contributed by atoms with van der Waals surface area (Å²) in [6.07, 6.45) is 1.09. The van der Waals surface area contributed by atoms with E-state index in [0.717, 1.165) is 6.42 Å². The Hall–Kier alpha value is -1.42. The number of hydrogen-bond acceptors (Lipinski definition) is 3. The second kappa shape index (κ2) is 5.27. The molecule has 1 fully saturated rings. The minimum Gasteiger partial charge on any atom is -0.444 e. The van der Waals surface area contributed by atoms with Gasteiger partial charge in [-0.2, -0.15) is 0 Å². The number of ether oxygens (including phenoxy) is 1. The van der Waals surface area contributed by atoms with Gasteiger partial charge in [-0.05, 0) is 45.1 Å². The summed E-state index contributed by atoms with van der Waals surface area (Å²) in [6.45, 7) is 7.52. The van der Waals surface area contributed by atoms with Gasteiger partial charge in [0.1, 0.15) is 5.60 Å². The summed E-state index contributed by atoms with van der Waals surface area (Å²) in [6, 6.07) is 0.00952. The first-order chi connectivity index (χ1) is 7.81. The first-order valence-corrected chi connectivity index (χ1v) is 5.85. The molecule has 1 saturated carbocycles. The average Bonchev–Trinajstić information content (AvgIpc) is 2.44. The Bertz CT molecular complexity index is 331. The number of amides is 1. The minimum absolute atomic E-state index is 0.0186. The molecular weight excluding hydrogens is 220 g/mol. The largest absolute Gasteiger partial charge is 0.444 e. The summed E-state index contributed by atoms with van der Waals surface area (Å²) in [7, 11) is 0. The van der Waals surface area contributed by atoms with Crippen LogP contribution in [-0.2, 0) is 4.74 Å². The predicted molar refractivity (Wildman–Crippen MR) is 64.5 cm³/mol. The van der Waals surface area contributed by atoms with Gasteiger partial charge in [-0.3, -0.25) is 0 Å². The van der Waals surface area contributed by atoms with Gasteiger partial charge in [-0.1, -0.05) is 12.0 Å². The fourth-order valence-corrected chi connectivity index (χ4v) is 2.04. The van der Waals surface area contributed by atoms with Crippen LogP contribution < -0.4 is 5.32 Å². The molecule has 1 rings (SSSR count). The van der Waals surface area contributed by atoms with Crippen molar-refractivity contribution in [2.45, 2.75) is 58.2 Å². The van der Waals surface area contributed by atoms with Crippen molar-refractivity contribution in [1.29, 1.82) is 0 Å². The molecule has 0 heterocycles. The molecule has 0 unspecified atom stereocenters. The molecule has 1 amide bonds. The minimum atomic E-state index is -0.490. The van der Waals surface area contributed by atoms with Crippen molar-refractivity contribution in [1.82, 2.24) is 5.32 Å². The van der Waals surface area contributed by atoms with Crippen LogP contribution in [0.4, 0.5) is 4.79 Å². The van der Waals surface area contributed by atoms with Crippen LogP contribution >= 0.6 is 0 Å². The van der Waals surface area contributed by atoms with Crippen molar-refractivity contribution in [3.05, 3.63) is 10.4 Å². The smallest absolute Gasteiger partial charge is 0.407 e. The molecule has 0 aromatic heterocycles. The third-order valence-electron chi connectivity index (χ3n) is 2.77.